The molecule has 21 heavy (non-hydrogen) atoms. The monoisotopic (exact) mass is 300 g/mol. The maximum Gasteiger partial charge on any atom is 0.128 e. The molecule has 3 nitrogen and oxygen atoms in total. The maximum atomic E-state index is 9.19. The zero-order chi connectivity index (χ0) is 15.4. The average Bonchev–Trinajstić information content (AvgIpc) is 2.90. The summed E-state index contributed by atoms with van der Waals surface area (Å²) < 4.78 is 5.68. The molecule has 0 amide bonds. The van der Waals surface area contributed by atoms with Gasteiger partial charge in [-0.3, -0.25) is 0 Å². The Labute approximate surface area is 130 Å². The Bertz CT molecular complexity index is 636. The summed E-state index contributed by atoms with van der Waals surface area (Å²) in [6.45, 7) is 9.08. The van der Waals surface area contributed by atoms with Crippen LogP contribution in [0.1, 0.15) is 44.2 Å². The van der Waals surface area contributed by atoms with E-state index in [0.29, 0.717) is 17.4 Å². The number of nitrogens with zero attached hydrogens (tertiary/aromatic N) is 2. The van der Waals surface area contributed by atoms with Gasteiger partial charge < -0.3 is 4.74 Å². The molecule has 4 heteroatoms. The Kier molecular flexibility index (Phi) is 4.98. The van der Waals surface area contributed by atoms with Crippen molar-refractivity contribution in [2.24, 2.45) is 5.92 Å². The van der Waals surface area contributed by atoms with Crippen LogP contribution in [0.5, 0.6) is 5.75 Å². The summed E-state index contributed by atoms with van der Waals surface area (Å²) in [4.78, 5) is 5.32. The Morgan fingerprint density at radius 2 is 1.86 bits per heavy atom. The van der Waals surface area contributed by atoms with Gasteiger partial charge in [0.1, 0.15) is 21.7 Å². The first-order valence-electron chi connectivity index (χ1n) is 7.15. The predicted molar refractivity (Wildman–Crippen MR) is 86.7 cm³/mol. The normalized spacial score (nSPS) is 10.9. The third kappa shape index (κ3) is 3.83. The van der Waals surface area contributed by atoms with Crippen LogP contribution >= 0.6 is 11.3 Å². The lowest BCUT2D eigenvalue weighted by atomic mass is 10.1. The number of nitriles is 1. The SMILES string of the molecule is CC(C)COc1ccc(-c2nc(C(C)C)c(C#N)s2)cc1. The number of rotatable bonds is 5. The first-order chi connectivity index (χ1) is 10.0. The van der Waals surface area contributed by atoms with Gasteiger partial charge in [0, 0.05) is 5.56 Å². The minimum Gasteiger partial charge on any atom is -0.493 e. The van der Waals surface area contributed by atoms with Crippen molar-refractivity contribution >= 4 is 11.3 Å². The van der Waals surface area contributed by atoms with E-state index in [2.05, 4.69) is 38.7 Å². The van der Waals surface area contributed by atoms with Crippen molar-refractivity contribution in [1.29, 1.82) is 5.26 Å². The van der Waals surface area contributed by atoms with E-state index in [1.165, 1.54) is 11.3 Å². The molecular weight excluding hydrogens is 280 g/mol. The van der Waals surface area contributed by atoms with Gasteiger partial charge in [-0.15, -0.1) is 11.3 Å². The van der Waals surface area contributed by atoms with Crippen LogP contribution in [0.2, 0.25) is 0 Å². The third-order valence-corrected chi connectivity index (χ3v) is 4.01. The molecule has 0 atom stereocenters. The molecule has 0 unspecified atom stereocenters. The lowest BCUT2D eigenvalue weighted by Gasteiger charge is -2.08. The van der Waals surface area contributed by atoms with Crippen LogP contribution in [0.3, 0.4) is 0 Å². The highest BCUT2D eigenvalue weighted by Gasteiger charge is 2.15. The molecule has 0 aliphatic rings. The molecule has 0 N–H and O–H groups in total. The first kappa shape index (κ1) is 15.5. The van der Waals surface area contributed by atoms with E-state index in [1.807, 2.05) is 24.3 Å². The summed E-state index contributed by atoms with van der Waals surface area (Å²) in [5.41, 5.74) is 1.91. The molecule has 1 aromatic heterocycles. The van der Waals surface area contributed by atoms with Crippen molar-refractivity contribution < 1.29 is 4.74 Å². The summed E-state index contributed by atoms with van der Waals surface area (Å²) >= 11 is 1.45. The van der Waals surface area contributed by atoms with E-state index in [-0.39, 0.29) is 5.92 Å². The molecule has 0 saturated heterocycles. The van der Waals surface area contributed by atoms with E-state index >= 15 is 0 Å². The zero-order valence-corrected chi connectivity index (χ0v) is 13.7. The zero-order valence-electron chi connectivity index (χ0n) is 12.9. The highest BCUT2D eigenvalue weighted by Crippen LogP contribution is 2.32. The number of aromatic nitrogens is 1. The third-order valence-electron chi connectivity index (χ3n) is 2.99. The van der Waals surface area contributed by atoms with Crippen molar-refractivity contribution in [2.75, 3.05) is 6.61 Å². The molecule has 2 aromatic rings. The molecule has 0 aliphatic heterocycles. The van der Waals surface area contributed by atoms with Gasteiger partial charge in [0.2, 0.25) is 0 Å². The van der Waals surface area contributed by atoms with Crippen LogP contribution in [0.4, 0.5) is 0 Å². The van der Waals surface area contributed by atoms with Crippen molar-refractivity contribution in [3.63, 3.8) is 0 Å². The first-order valence-corrected chi connectivity index (χ1v) is 7.97. The van der Waals surface area contributed by atoms with Crippen molar-refractivity contribution in [3.8, 4) is 22.4 Å². The van der Waals surface area contributed by atoms with E-state index in [9.17, 15) is 5.26 Å². The minimum absolute atomic E-state index is 0.262. The largest absolute Gasteiger partial charge is 0.493 e. The number of hydrogen-bond donors (Lipinski definition) is 0. The van der Waals surface area contributed by atoms with E-state index in [0.717, 1.165) is 22.0 Å². The van der Waals surface area contributed by atoms with Gasteiger partial charge >= 0.3 is 0 Å². The molecule has 0 spiro atoms. The number of ether oxygens (including phenoxy) is 1. The fourth-order valence-corrected chi connectivity index (χ4v) is 2.91. The van der Waals surface area contributed by atoms with Gasteiger partial charge in [-0.25, -0.2) is 4.98 Å². The predicted octanol–water partition coefficient (Wildman–Crippen LogP) is 4.84. The maximum absolute atomic E-state index is 9.19. The minimum atomic E-state index is 0.262. The van der Waals surface area contributed by atoms with Crippen LogP contribution in [-0.2, 0) is 0 Å². The topological polar surface area (TPSA) is 45.9 Å². The fourth-order valence-electron chi connectivity index (χ4n) is 1.88. The molecule has 0 bridgehead atoms. The summed E-state index contributed by atoms with van der Waals surface area (Å²) in [5.74, 6) is 1.64. The van der Waals surface area contributed by atoms with Gasteiger partial charge in [0.25, 0.3) is 0 Å². The molecule has 1 aromatic carbocycles. The molecule has 2 rings (SSSR count). The van der Waals surface area contributed by atoms with Crippen LogP contribution < -0.4 is 4.74 Å². The van der Waals surface area contributed by atoms with Crippen LogP contribution in [0, 0.1) is 17.2 Å². The quantitative estimate of drug-likeness (QED) is 0.793. The van der Waals surface area contributed by atoms with E-state index < -0.39 is 0 Å². The summed E-state index contributed by atoms with van der Waals surface area (Å²) in [7, 11) is 0. The van der Waals surface area contributed by atoms with E-state index in [1.54, 1.807) is 0 Å². The second-order valence-corrected chi connectivity index (χ2v) is 6.73. The summed E-state index contributed by atoms with van der Waals surface area (Å²) in [6.07, 6.45) is 0. The average molecular weight is 300 g/mol. The van der Waals surface area contributed by atoms with Crippen molar-refractivity contribution in [3.05, 3.63) is 34.8 Å². The van der Waals surface area contributed by atoms with Crippen LogP contribution in [0.25, 0.3) is 10.6 Å². The summed E-state index contributed by atoms with van der Waals surface area (Å²) in [6, 6.07) is 10.2. The standard InChI is InChI=1S/C17H20N2OS/c1-11(2)10-20-14-7-5-13(6-8-14)17-19-16(12(3)4)15(9-18)21-17/h5-8,11-12H,10H2,1-4H3. The second kappa shape index (κ2) is 6.73. The van der Waals surface area contributed by atoms with Crippen LogP contribution in [0.15, 0.2) is 24.3 Å². The number of thiazole rings is 1. The van der Waals surface area contributed by atoms with Gasteiger partial charge in [0.15, 0.2) is 0 Å². The van der Waals surface area contributed by atoms with Gasteiger partial charge in [-0.1, -0.05) is 27.7 Å². The van der Waals surface area contributed by atoms with Gasteiger partial charge in [-0.2, -0.15) is 5.26 Å². The molecular formula is C17H20N2OS. The highest BCUT2D eigenvalue weighted by atomic mass is 32.1. The number of benzene rings is 1. The highest BCUT2D eigenvalue weighted by molar-refractivity contribution is 7.15. The van der Waals surface area contributed by atoms with Gasteiger partial charge in [-0.05, 0) is 36.1 Å². The molecule has 0 radical (unpaired) electrons. The smallest absolute Gasteiger partial charge is 0.128 e. The second-order valence-electron chi connectivity index (χ2n) is 5.73. The lowest BCUT2D eigenvalue weighted by Crippen LogP contribution is -2.04. The molecule has 0 saturated carbocycles. The Morgan fingerprint density at radius 1 is 1.19 bits per heavy atom. The van der Waals surface area contributed by atoms with Gasteiger partial charge in [0.05, 0.1) is 12.3 Å². The lowest BCUT2D eigenvalue weighted by molar-refractivity contribution is 0.271. The van der Waals surface area contributed by atoms with Crippen molar-refractivity contribution in [1.82, 2.24) is 4.98 Å². The Balaban J connectivity index is 2.21. The molecule has 110 valence electrons. The molecule has 0 aliphatic carbocycles. The number of hydrogen-bond acceptors (Lipinski definition) is 4. The molecule has 0 fully saturated rings. The Morgan fingerprint density at radius 3 is 2.33 bits per heavy atom. The summed E-state index contributed by atoms with van der Waals surface area (Å²) in [5, 5.41) is 10.1. The Hall–Kier alpha value is -1.86. The van der Waals surface area contributed by atoms with Crippen molar-refractivity contribution in [2.45, 2.75) is 33.6 Å². The fraction of sp³-hybridized carbons (Fsp3) is 0.412. The van der Waals surface area contributed by atoms with E-state index in [4.69, 9.17) is 4.74 Å². The van der Waals surface area contributed by atoms with Crippen LogP contribution in [-0.4, -0.2) is 11.6 Å². The molecule has 1 heterocycles.